The quantitative estimate of drug-likeness (QED) is 0.816. The molecule has 2 unspecified atom stereocenters. The van der Waals surface area contributed by atoms with Crippen molar-refractivity contribution < 1.29 is 9.90 Å². The van der Waals surface area contributed by atoms with Crippen molar-refractivity contribution in [3.63, 3.8) is 0 Å². The molecule has 116 valence electrons. The SMILES string of the molecule is CC(C)(C)C1CCC(C(=O)NC2CCCCC2O)CC1. The first-order valence-corrected chi connectivity index (χ1v) is 8.36. The molecule has 0 aromatic heterocycles. The van der Waals surface area contributed by atoms with Crippen molar-refractivity contribution >= 4 is 5.91 Å². The zero-order valence-electron chi connectivity index (χ0n) is 13.3. The van der Waals surface area contributed by atoms with Gasteiger partial charge in [0.05, 0.1) is 12.1 Å². The van der Waals surface area contributed by atoms with Gasteiger partial charge < -0.3 is 10.4 Å². The predicted octanol–water partition coefficient (Wildman–Crippen LogP) is 3.26. The summed E-state index contributed by atoms with van der Waals surface area (Å²) in [7, 11) is 0. The summed E-state index contributed by atoms with van der Waals surface area (Å²) >= 11 is 0. The third kappa shape index (κ3) is 3.97. The predicted molar refractivity (Wildman–Crippen MR) is 81.3 cm³/mol. The minimum absolute atomic E-state index is 0.00316. The summed E-state index contributed by atoms with van der Waals surface area (Å²) in [6.45, 7) is 6.91. The van der Waals surface area contributed by atoms with Crippen molar-refractivity contribution in [1.29, 1.82) is 0 Å². The number of aliphatic hydroxyl groups is 1. The van der Waals surface area contributed by atoms with Gasteiger partial charge >= 0.3 is 0 Å². The second-order valence-electron chi connectivity index (χ2n) is 7.88. The molecule has 0 radical (unpaired) electrons. The Morgan fingerprint density at radius 3 is 2.15 bits per heavy atom. The van der Waals surface area contributed by atoms with Crippen LogP contribution in [0.3, 0.4) is 0 Å². The van der Waals surface area contributed by atoms with Gasteiger partial charge in [-0.3, -0.25) is 4.79 Å². The Morgan fingerprint density at radius 2 is 1.60 bits per heavy atom. The van der Waals surface area contributed by atoms with Crippen LogP contribution in [0.5, 0.6) is 0 Å². The maximum Gasteiger partial charge on any atom is 0.223 e. The fraction of sp³-hybridized carbons (Fsp3) is 0.941. The van der Waals surface area contributed by atoms with Crippen LogP contribution in [0.4, 0.5) is 0 Å². The van der Waals surface area contributed by atoms with Crippen LogP contribution in [-0.2, 0) is 4.79 Å². The van der Waals surface area contributed by atoms with E-state index >= 15 is 0 Å². The molecule has 3 heteroatoms. The lowest BCUT2D eigenvalue weighted by molar-refractivity contribution is -0.128. The zero-order chi connectivity index (χ0) is 14.8. The van der Waals surface area contributed by atoms with Crippen LogP contribution in [0, 0.1) is 17.3 Å². The normalized spacial score (nSPS) is 35.6. The Labute approximate surface area is 123 Å². The molecule has 2 saturated carbocycles. The Morgan fingerprint density at radius 1 is 1.00 bits per heavy atom. The van der Waals surface area contributed by atoms with Gasteiger partial charge in [0.1, 0.15) is 0 Å². The van der Waals surface area contributed by atoms with Crippen molar-refractivity contribution in [3.05, 3.63) is 0 Å². The van der Waals surface area contributed by atoms with Crippen LogP contribution in [0.25, 0.3) is 0 Å². The van der Waals surface area contributed by atoms with Crippen LogP contribution in [0.15, 0.2) is 0 Å². The molecular weight excluding hydrogens is 250 g/mol. The molecule has 0 heterocycles. The first kappa shape index (κ1) is 15.8. The standard InChI is InChI=1S/C17H31NO2/c1-17(2,3)13-10-8-12(9-11-13)16(20)18-14-6-4-5-7-15(14)19/h12-15,19H,4-11H2,1-3H3,(H,18,20). The largest absolute Gasteiger partial charge is 0.391 e. The molecular formula is C17H31NO2. The van der Waals surface area contributed by atoms with E-state index in [0.717, 1.165) is 57.3 Å². The van der Waals surface area contributed by atoms with Gasteiger partial charge in [0, 0.05) is 5.92 Å². The molecule has 2 aliphatic carbocycles. The second kappa shape index (κ2) is 6.46. The lowest BCUT2D eigenvalue weighted by Gasteiger charge is -2.37. The number of carbonyl (C=O) groups excluding carboxylic acids is 1. The van der Waals surface area contributed by atoms with Crippen LogP contribution in [0.2, 0.25) is 0 Å². The van der Waals surface area contributed by atoms with Crippen molar-refractivity contribution in [2.45, 2.75) is 84.3 Å². The number of amides is 1. The van der Waals surface area contributed by atoms with Crippen LogP contribution < -0.4 is 5.32 Å². The minimum Gasteiger partial charge on any atom is -0.391 e. The van der Waals surface area contributed by atoms with Gasteiger partial charge in [-0.1, -0.05) is 33.6 Å². The Kier molecular flexibility index (Phi) is 5.11. The third-order valence-electron chi connectivity index (χ3n) is 5.38. The molecule has 0 aromatic carbocycles. The van der Waals surface area contributed by atoms with Gasteiger partial charge in [-0.15, -0.1) is 0 Å². The maximum absolute atomic E-state index is 12.3. The lowest BCUT2D eigenvalue weighted by Crippen LogP contribution is -2.47. The fourth-order valence-electron chi connectivity index (χ4n) is 3.80. The summed E-state index contributed by atoms with van der Waals surface area (Å²) in [5.74, 6) is 1.10. The summed E-state index contributed by atoms with van der Waals surface area (Å²) in [6, 6.07) is -0.00316. The lowest BCUT2D eigenvalue weighted by atomic mass is 9.69. The summed E-state index contributed by atoms with van der Waals surface area (Å²) in [4.78, 5) is 12.3. The number of rotatable bonds is 2. The average Bonchev–Trinajstić information content (AvgIpc) is 2.40. The van der Waals surface area contributed by atoms with E-state index in [-0.39, 0.29) is 24.0 Å². The number of carbonyl (C=O) groups is 1. The molecule has 0 aromatic rings. The highest BCUT2D eigenvalue weighted by molar-refractivity contribution is 5.79. The molecule has 2 aliphatic rings. The van der Waals surface area contributed by atoms with Gasteiger partial charge in [-0.05, 0) is 49.9 Å². The maximum atomic E-state index is 12.3. The van der Waals surface area contributed by atoms with E-state index in [1.807, 2.05) is 0 Å². The average molecular weight is 281 g/mol. The highest BCUT2D eigenvalue weighted by Crippen LogP contribution is 2.39. The molecule has 2 atom stereocenters. The first-order valence-electron chi connectivity index (χ1n) is 8.36. The number of hydrogen-bond acceptors (Lipinski definition) is 2. The topological polar surface area (TPSA) is 49.3 Å². The molecule has 0 bridgehead atoms. The van der Waals surface area contributed by atoms with Crippen LogP contribution in [0.1, 0.15) is 72.1 Å². The summed E-state index contributed by atoms with van der Waals surface area (Å²) in [6.07, 6.45) is 7.99. The molecule has 0 aliphatic heterocycles. The van der Waals surface area contributed by atoms with Crippen molar-refractivity contribution in [3.8, 4) is 0 Å². The number of aliphatic hydroxyl groups excluding tert-OH is 1. The van der Waals surface area contributed by atoms with Crippen molar-refractivity contribution in [1.82, 2.24) is 5.32 Å². The summed E-state index contributed by atoms with van der Waals surface area (Å²) < 4.78 is 0. The highest BCUT2D eigenvalue weighted by atomic mass is 16.3. The molecule has 0 spiro atoms. The molecule has 2 N–H and O–H groups in total. The van der Waals surface area contributed by atoms with Crippen LogP contribution >= 0.6 is 0 Å². The molecule has 3 nitrogen and oxygen atoms in total. The van der Waals surface area contributed by atoms with Gasteiger partial charge in [0.2, 0.25) is 5.91 Å². The smallest absolute Gasteiger partial charge is 0.223 e. The van der Waals surface area contributed by atoms with E-state index in [4.69, 9.17) is 0 Å². The molecule has 20 heavy (non-hydrogen) atoms. The Hall–Kier alpha value is -0.570. The fourth-order valence-corrected chi connectivity index (χ4v) is 3.80. The van der Waals surface area contributed by atoms with Crippen molar-refractivity contribution in [2.24, 2.45) is 17.3 Å². The van der Waals surface area contributed by atoms with E-state index in [1.165, 1.54) is 0 Å². The van der Waals surface area contributed by atoms with Crippen LogP contribution in [-0.4, -0.2) is 23.2 Å². The van der Waals surface area contributed by atoms with Gasteiger partial charge in [-0.2, -0.15) is 0 Å². The molecule has 1 amide bonds. The van der Waals surface area contributed by atoms with Gasteiger partial charge in [-0.25, -0.2) is 0 Å². The van der Waals surface area contributed by atoms with E-state index in [9.17, 15) is 9.90 Å². The van der Waals surface area contributed by atoms with E-state index in [1.54, 1.807) is 0 Å². The van der Waals surface area contributed by atoms with E-state index < -0.39 is 0 Å². The van der Waals surface area contributed by atoms with Gasteiger partial charge in [0.25, 0.3) is 0 Å². The molecule has 2 fully saturated rings. The molecule has 0 saturated heterocycles. The Balaban J connectivity index is 1.80. The summed E-state index contributed by atoms with van der Waals surface area (Å²) in [5.41, 5.74) is 0.362. The molecule has 2 rings (SSSR count). The number of hydrogen-bond donors (Lipinski definition) is 2. The zero-order valence-corrected chi connectivity index (χ0v) is 13.3. The monoisotopic (exact) mass is 281 g/mol. The van der Waals surface area contributed by atoms with E-state index in [0.29, 0.717) is 5.41 Å². The minimum atomic E-state index is -0.335. The van der Waals surface area contributed by atoms with Gasteiger partial charge in [0.15, 0.2) is 0 Å². The highest BCUT2D eigenvalue weighted by Gasteiger charge is 2.33. The second-order valence-corrected chi connectivity index (χ2v) is 7.88. The number of nitrogens with one attached hydrogen (secondary N) is 1. The van der Waals surface area contributed by atoms with E-state index in [2.05, 4.69) is 26.1 Å². The Bertz CT molecular complexity index is 326. The third-order valence-corrected chi connectivity index (χ3v) is 5.38. The van der Waals surface area contributed by atoms with Crippen molar-refractivity contribution in [2.75, 3.05) is 0 Å². The summed E-state index contributed by atoms with van der Waals surface area (Å²) in [5, 5.41) is 13.1. The first-order chi connectivity index (χ1) is 9.38.